The molecule has 1 aliphatic rings. The first kappa shape index (κ1) is 13.5. The molecule has 2 rings (SSSR count). The third-order valence-electron chi connectivity index (χ3n) is 3.09. The van der Waals surface area contributed by atoms with Gasteiger partial charge in [0.1, 0.15) is 5.82 Å². The number of halogens is 2. The van der Waals surface area contributed by atoms with Crippen LogP contribution in [0.3, 0.4) is 0 Å². The van der Waals surface area contributed by atoms with E-state index in [4.69, 9.17) is 0 Å². The minimum Gasteiger partial charge on any atom is -0.351 e. The van der Waals surface area contributed by atoms with Crippen LogP contribution in [-0.4, -0.2) is 18.5 Å². The Morgan fingerprint density at radius 3 is 3.06 bits per heavy atom. The number of amides is 1. The Morgan fingerprint density at radius 1 is 1.50 bits per heavy atom. The molecule has 1 aliphatic heterocycles. The molecule has 1 atom stereocenters. The van der Waals surface area contributed by atoms with Crippen molar-refractivity contribution in [2.24, 2.45) is 0 Å². The van der Waals surface area contributed by atoms with Crippen molar-refractivity contribution in [2.45, 2.75) is 31.8 Å². The highest BCUT2D eigenvalue weighted by atomic mass is 79.9. The average Bonchev–Trinajstić information content (AvgIpc) is 2.40. The quantitative estimate of drug-likeness (QED) is 0.899. The van der Waals surface area contributed by atoms with Crippen LogP contribution in [-0.2, 0) is 11.3 Å². The van der Waals surface area contributed by atoms with Crippen molar-refractivity contribution < 1.29 is 9.18 Å². The first-order valence-electron chi connectivity index (χ1n) is 6.12. The third-order valence-corrected chi connectivity index (χ3v) is 3.86. The van der Waals surface area contributed by atoms with E-state index >= 15 is 0 Å². The molecule has 0 aliphatic carbocycles. The van der Waals surface area contributed by atoms with Gasteiger partial charge in [0.2, 0.25) is 5.91 Å². The standard InChI is InChI=1S/C13H16BrFN2O/c14-11-5-4-10(15)7-9(11)8-17-13(18)12-3-1-2-6-16-12/h4-5,7,12,16H,1-3,6,8H2,(H,17,18)/t12-/m1/s1. The Labute approximate surface area is 114 Å². The number of benzene rings is 1. The molecule has 0 saturated carbocycles. The maximum absolute atomic E-state index is 13.1. The van der Waals surface area contributed by atoms with E-state index in [-0.39, 0.29) is 17.8 Å². The Kier molecular flexibility index (Phi) is 4.72. The molecule has 5 heteroatoms. The van der Waals surface area contributed by atoms with E-state index in [2.05, 4.69) is 26.6 Å². The maximum Gasteiger partial charge on any atom is 0.237 e. The van der Waals surface area contributed by atoms with E-state index in [0.717, 1.165) is 35.8 Å². The highest BCUT2D eigenvalue weighted by Crippen LogP contribution is 2.17. The fourth-order valence-electron chi connectivity index (χ4n) is 2.06. The van der Waals surface area contributed by atoms with Gasteiger partial charge in [0, 0.05) is 11.0 Å². The molecule has 98 valence electrons. The summed E-state index contributed by atoms with van der Waals surface area (Å²) in [4.78, 5) is 11.9. The zero-order valence-corrected chi connectivity index (χ0v) is 11.6. The van der Waals surface area contributed by atoms with Crippen molar-refractivity contribution in [1.29, 1.82) is 0 Å². The number of carbonyl (C=O) groups is 1. The van der Waals surface area contributed by atoms with Gasteiger partial charge in [0.05, 0.1) is 6.04 Å². The van der Waals surface area contributed by atoms with Gasteiger partial charge < -0.3 is 10.6 Å². The van der Waals surface area contributed by atoms with Crippen molar-refractivity contribution >= 4 is 21.8 Å². The summed E-state index contributed by atoms with van der Waals surface area (Å²) in [6, 6.07) is 4.36. The lowest BCUT2D eigenvalue weighted by Gasteiger charge is -2.22. The second kappa shape index (κ2) is 6.29. The van der Waals surface area contributed by atoms with Gasteiger partial charge in [0.15, 0.2) is 0 Å². The van der Waals surface area contributed by atoms with Crippen molar-refractivity contribution in [2.75, 3.05) is 6.54 Å². The number of nitrogens with one attached hydrogen (secondary N) is 2. The van der Waals surface area contributed by atoms with Crippen LogP contribution in [0.2, 0.25) is 0 Å². The topological polar surface area (TPSA) is 41.1 Å². The first-order valence-corrected chi connectivity index (χ1v) is 6.91. The van der Waals surface area contributed by atoms with Gasteiger partial charge in [-0.15, -0.1) is 0 Å². The zero-order valence-electron chi connectivity index (χ0n) is 10.0. The molecule has 1 saturated heterocycles. The fourth-order valence-corrected chi connectivity index (χ4v) is 2.45. The van der Waals surface area contributed by atoms with E-state index in [9.17, 15) is 9.18 Å². The number of carbonyl (C=O) groups excluding carboxylic acids is 1. The Balaban J connectivity index is 1.90. The second-order valence-corrected chi connectivity index (χ2v) is 5.31. The van der Waals surface area contributed by atoms with Crippen LogP contribution < -0.4 is 10.6 Å². The van der Waals surface area contributed by atoms with Gasteiger partial charge in [0.25, 0.3) is 0 Å². The molecule has 0 unspecified atom stereocenters. The maximum atomic E-state index is 13.1. The molecule has 1 aromatic rings. The van der Waals surface area contributed by atoms with Crippen LogP contribution >= 0.6 is 15.9 Å². The number of hydrogen-bond acceptors (Lipinski definition) is 2. The van der Waals surface area contributed by atoms with E-state index in [0.29, 0.717) is 6.54 Å². The van der Waals surface area contributed by atoms with Crippen LogP contribution in [0.4, 0.5) is 4.39 Å². The summed E-state index contributed by atoms with van der Waals surface area (Å²) in [7, 11) is 0. The van der Waals surface area contributed by atoms with E-state index in [1.54, 1.807) is 6.07 Å². The molecule has 0 bridgehead atoms. The van der Waals surface area contributed by atoms with Crippen molar-refractivity contribution in [3.05, 3.63) is 34.1 Å². The van der Waals surface area contributed by atoms with Crippen LogP contribution in [0.15, 0.2) is 22.7 Å². The van der Waals surface area contributed by atoms with Crippen LogP contribution in [0, 0.1) is 5.82 Å². The summed E-state index contributed by atoms with van der Waals surface area (Å²) in [6.45, 7) is 1.23. The predicted molar refractivity (Wildman–Crippen MR) is 71.6 cm³/mol. The van der Waals surface area contributed by atoms with Gasteiger partial charge in [-0.05, 0) is 43.1 Å². The summed E-state index contributed by atoms with van der Waals surface area (Å²) in [6.07, 6.45) is 3.07. The highest BCUT2D eigenvalue weighted by molar-refractivity contribution is 9.10. The molecule has 2 N–H and O–H groups in total. The Morgan fingerprint density at radius 2 is 2.33 bits per heavy atom. The SMILES string of the molecule is O=C(NCc1cc(F)ccc1Br)[C@H]1CCCCN1. The van der Waals surface area contributed by atoms with Gasteiger partial charge in [-0.1, -0.05) is 22.4 Å². The molecule has 18 heavy (non-hydrogen) atoms. The van der Waals surface area contributed by atoms with Gasteiger partial charge in [-0.25, -0.2) is 4.39 Å². The van der Waals surface area contributed by atoms with Crippen molar-refractivity contribution in [3.63, 3.8) is 0 Å². The van der Waals surface area contributed by atoms with E-state index in [1.165, 1.54) is 12.1 Å². The van der Waals surface area contributed by atoms with Gasteiger partial charge >= 0.3 is 0 Å². The van der Waals surface area contributed by atoms with Crippen LogP contribution in [0.1, 0.15) is 24.8 Å². The van der Waals surface area contributed by atoms with Crippen LogP contribution in [0.5, 0.6) is 0 Å². The van der Waals surface area contributed by atoms with E-state index < -0.39 is 0 Å². The Hall–Kier alpha value is -0.940. The molecule has 0 aromatic heterocycles. The molecule has 1 amide bonds. The molecule has 1 heterocycles. The van der Waals surface area contributed by atoms with Crippen molar-refractivity contribution in [3.8, 4) is 0 Å². The summed E-state index contributed by atoms with van der Waals surface area (Å²) in [5, 5.41) is 6.02. The van der Waals surface area contributed by atoms with Crippen LogP contribution in [0.25, 0.3) is 0 Å². The summed E-state index contributed by atoms with van der Waals surface area (Å²) < 4.78 is 13.9. The molecular formula is C13H16BrFN2O. The minimum absolute atomic E-state index is 0.00846. The zero-order chi connectivity index (χ0) is 13.0. The molecule has 3 nitrogen and oxygen atoms in total. The molecule has 0 spiro atoms. The van der Waals surface area contributed by atoms with Crippen molar-refractivity contribution in [1.82, 2.24) is 10.6 Å². The second-order valence-electron chi connectivity index (χ2n) is 4.46. The van der Waals surface area contributed by atoms with Gasteiger partial charge in [-0.2, -0.15) is 0 Å². The molecular weight excluding hydrogens is 299 g/mol. The normalized spacial score (nSPS) is 19.6. The van der Waals surface area contributed by atoms with Gasteiger partial charge in [-0.3, -0.25) is 4.79 Å². The highest BCUT2D eigenvalue weighted by Gasteiger charge is 2.20. The summed E-state index contributed by atoms with van der Waals surface area (Å²) in [5.41, 5.74) is 0.749. The molecule has 0 radical (unpaired) electrons. The lowest BCUT2D eigenvalue weighted by atomic mass is 10.0. The first-order chi connectivity index (χ1) is 8.66. The lowest BCUT2D eigenvalue weighted by molar-refractivity contribution is -0.123. The summed E-state index contributed by atoms with van der Waals surface area (Å²) in [5.74, 6) is -0.302. The molecule has 1 aromatic carbocycles. The Bertz CT molecular complexity index is 433. The number of rotatable bonds is 3. The number of piperidine rings is 1. The average molecular weight is 315 g/mol. The monoisotopic (exact) mass is 314 g/mol. The molecule has 1 fully saturated rings. The lowest BCUT2D eigenvalue weighted by Crippen LogP contribution is -2.46. The largest absolute Gasteiger partial charge is 0.351 e. The minimum atomic E-state index is -0.293. The summed E-state index contributed by atoms with van der Waals surface area (Å²) >= 11 is 3.34. The van der Waals surface area contributed by atoms with E-state index in [1.807, 2.05) is 0 Å². The number of hydrogen-bond donors (Lipinski definition) is 2. The third kappa shape index (κ3) is 3.53. The predicted octanol–water partition coefficient (Wildman–Crippen LogP) is 2.35. The fraction of sp³-hybridized carbons (Fsp3) is 0.462. The smallest absolute Gasteiger partial charge is 0.237 e.